The van der Waals surface area contributed by atoms with Crippen LogP contribution in [-0.4, -0.2) is 52.4 Å². The number of ketones is 1. The molecule has 2 heterocycles. The van der Waals surface area contributed by atoms with Crippen LogP contribution in [-0.2, 0) is 14.3 Å². The predicted molar refractivity (Wildman–Crippen MR) is 140 cm³/mol. The van der Waals surface area contributed by atoms with Crippen molar-refractivity contribution in [2.24, 2.45) is 10.2 Å². The fourth-order valence-electron chi connectivity index (χ4n) is 4.66. The summed E-state index contributed by atoms with van der Waals surface area (Å²) in [6.07, 6.45) is -0.854. The number of nitrogens with zero attached hydrogens (tertiary/aromatic N) is 4. The Morgan fingerprint density at radius 1 is 0.763 bits per heavy atom. The number of hydrogen-bond donors (Lipinski definition) is 0. The summed E-state index contributed by atoms with van der Waals surface area (Å²) in [5, 5.41) is 11.5. The zero-order chi connectivity index (χ0) is 26.8. The minimum absolute atomic E-state index is 0.115. The summed E-state index contributed by atoms with van der Waals surface area (Å²) in [5.41, 5.74) is 2.07. The molecule has 9 nitrogen and oxygen atoms in total. The van der Waals surface area contributed by atoms with Gasteiger partial charge in [-0.1, -0.05) is 60.7 Å². The van der Waals surface area contributed by atoms with Gasteiger partial charge in [0.2, 0.25) is 29.7 Å². The van der Waals surface area contributed by atoms with Crippen LogP contribution in [0.2, 0.25) is 0 Å². The van der Waals surface area contributed by atoms with E-state index in [-0.39, 0.29) is 29.2 Å². The number of methoxy groups -OCH3 is 1. The first-order valence-electron chi connectivity index (χ1n) is 12.1. The van der Waals surface area contributed by atoms with Gasteiger partial charge in [-0.3, -0.25) is 14.4 Å². The van der Waals surface area contributed by atoms with E-state index in [4.69, 9.17) is 9.47 Å². The number of hydrogen-bond acceptors (Lipinski definition) is 7. The third kappa shape index (κ3) is 4.54. The van der Waals surface area contributed by atoms with E-state index < -0.39 is 18.2 Å². The van der Waals surface area contributed by atoms with Crippen LogP contribution in [0.5, 0.6) is 5.75 Å². The van der Waals surface area contributed by atoms with Crippen LogP contribution in [0.15, 0.2) is 95.1 Å². The summed E-state index contributed by atoms with van der Waals surface area (Å²) in [7, 11) is 1.57. The lowest BCUT2D eigenvalue weighted by Gasteiger charge is -2.26. The number of carbonyl (C=O) groups excluding carboxylic acids is 3. The molecule has 2 amide bonds. The highest BCUT2D eigenvalue weighted by Gasteiger charge is 2.50. The van der Waals surface area contributed by atoms with Gasteiger partial charge >= 0.3 is 0 Å². The minimum Gasteiger partial charge on any atom is -0.497 e. The van der Waals surface area contributed by atoms with Crippen LogP contribution in [0.1, 0.15) is 47.5 Å². The molecule has 0 aromatic heterocycles. The molecule has 3 unspecified atom stereocenters. The van der Waals surface area contributed by atoms with Gasteiger partial charge in [0.05, 0.1) is 13.0 Å². The van der Waals surface area contributed by atoms with E-state index in [1.165, 1.54) is 23.9 Å². The number of carbonyl (C=O) groups is 3. The number of ether oxygens (including phenoxy) is 2. The fourth-order valence-corrected chi connectivity index (χ4v) is 4.66. The molecule has 0 saturated heterocycles. The molecule has 3 aromatic rings. The van der Waals surface area contributed by atoms with E-state index in [9.17, 15) is 14.4 Å². The van der Waals surface area contributed by atoms with Crippen molar-refractivity contribution in [3.63, 3.8) is 0 Å². The lowest BCUT2D eigenvalue weighted by molar-refractivity contribution is -0.135. The molecular formula is C29H26N4O5. The van der Waals surface area contributed by atoms with Gasteiger partial charge in [0, 0.05) is 25.0 Å². The second kappa shape index (κ2) is 10.3. The van der Waals surface area contributed by atoms with Crippen molar-refractivity contribution in [1.82, 2.24) is 10.0 Å². The molecule has 0 spiro atoms. The Morgan fingerprint density at radius 3 is 1.95 bits per heavy atom. The quantitative estimate of drug-likeness (QED) is 0.464. The molecule has 192 valence electrons. The van der Waals surface area contributed by atoms with Crippen LogP contribution < -0.4 is 4.74 Å². The van der Waals surface area contributed by atoms with Gasteiger partial charge in [0.1, 0.15) is 17.5 Å². The number of Topliss-reactive ketones (excluding diaryl/α,β-unsaturated/α-hetero) is 1. The van der Waals surface area contributed by atoms with Gasteiger partial charge in [0.25, 0.3) is 0 Å². The SMILES string of the molecule is COc1ccc(C2OC(C3C(c4ccccc4)C(C(=O)c4ccccc4)=NN3C(C)=O)=NN2C(C)=O)cc1. The van der Waals surface area contributed by atoms with E-state index >= 15 is 0 Å². The molecule has 0 fully saturated rings. The van der Waals surface area contributed by atoms with E-state index in [1.54, 1.807) is 55.6 Å². The molecule has 3 aromatic carbocycles. The maximum Gasteiger partial charge on any atom is 0.243 e. The smallest absolute Gasteiger partial charge is 0.243 e. The van der Waals surface area contributed by atoms with E-state index in [0.29, 0.717) is 16.9 Å². The van der Waals surface area contributed by atoms with Gasteiger partial charge in [-0.05, 0) is 29.8 Å². The number of hydrazone groups is 2. The van der Waals surface area contributed by atoms with Crippen molar-refractivity contribution in [2.45, 2.75) is 32.0 Å². The number of amides is 2. The highest BCUT2D eigenvalue weighted by molar-refractivity contribution is 6.48. The maximum atomic E-state index is 13.7. The Hall–Kier alpha value is -4.79. The monoisotopic (exact) mass is 510 g/mol. The van der Waals surface area contributed by atoms with Crippen molar-refractivity contribution < 1.29 is 23.9 Å². The molecule has 0 bridgehead atoms. The molecule has 0 aliphatic carbocycles. The van der Waals surface area contributed by atoms with E-state index in [0.717, 1.165) is 5.56 Å². The zero-order valence-corrected chi connectivity index (χ0v) is 21.1. The third-order valence-electron chi connectivity index (χ3n) is 6.48. The molecule has 2 aliphatic rings. The summed E-state index contributed by atoms with van der Waals surface area (Å²) < 4.78 is 11.5. The van der Waals surface area contributed by atoms with Gasteiger partial charge in [0.15, 0.2) is 0 Å². The van der Waals surface area contributed by atoms with E-state index in [2.05, 4.69) is 10.2 Å². The molecule has 5 rings (SSSR count). The first-order valence-corrected chi connectivity index (χ1v) is 12.1. The van der Waals surface area contributed by atoms with Crippen LogP contribution in [0.3, 0.4) is 0 Å². The molecule has 9 heteroatoms. The fraction of sp³-hybridized carbons (Fsp3) is 0.207. The Labute approximate surface area is 220 Å². The highest BCUT2D eigenvalue weighted by Crippen LogP contribution is 2.39. The minimum atomic E-state index is -0.873. The summed E-state index contributed by atoms with van der Waals surface area (Å²) in [5.74, 6) is -0.935. The molecule has 0 radical (unpaired) electrons. The van der Waals surface area contributed by atoms with Crippen LogP contribution in [0.25, 0.3) is 0 Å². The Morgan fingerprint density at radius 2 is 1.37 bits per heavy atom. The first-order chi connectivity index (χ1) is 18.4. The maximum absolute atomic E-state index is 13.7. The number of rotatable bonds is 6. The van der Waals surface area contributed by atoms with Gasteiger partial charge in [-0.15, -0.1) is 5.10 Å². The third-order valence-corrected chi connectivity index (χ3v) is 6.48. The highest BCUT2D eigenvalue weighted by atomic mass is 16.5. The average Bonchev–Trinajstić information content (AvgIpc) is 3.56. The Balaban J connectivity index is 1.58. The van der Waals surface area contributed by atoms with Crippen molar-refractivity contribution >= 4 is 29.2 Å². The number of benzene rings is 3. The van der Waals surface area contributed by atoms with Crippen molar-refractivity contribution in [3.05, 3.63) is 102 Å². The predicted octanol–water partition coefficient (Wildman–Crippen LogP) is 4.14. The van der Waals surface area contributed by atoms with Crippen molar-refractivity contribution in [2.75, 3.05) is 7.11 Å². The van der Waals surface area contributed by atoms with Gasteiger partial charge < -0.3 is 9.47 Å². The second-order valence-electron chi connectivity index (χ2n) is 8.92. The molecule has 0 saturated carbocycles. The van der Waals surface area contributed by atoms with Gasteiger partial charge in [-0.2, -0.15) is 10.1 Å². The molecule has 0 N–H and O–H groups in total. The van der Waals surface area contributed by atoms with Crippen molar-refractivity contribution in [1.29, 1.82) is 0 Å². The van der Waals surface area contributed by atoms with E-state index in [1.807, 2.05) is 36.4 Å². The second-order valence-corrected chi connectivity index (χ2v) is 8.92. The summed E-state index contributed by atoms with van der Waals surface area (Å²) in [6.45, 7) is 2.76. The lowest BCUT2D eigenvalue weighted by atomic mass is 9.84. The zero-order valence-electron chi connectivity index (χ0n) is 21.1. The van der Waals surface area contributed by atoms with Crippen LogP contribution >= 0.6 is 0 Å². The average molecular weight is 511 g/mol. The Bertz CT molecular complexity index is 1420. The first kappa shape index (κ1) is 24.9. The molecule has 2 aliphatic heterocycles. The topological polar surface area (TPSA) is 101 Å². The van der Waals surface area contributed by atoms with Crippen molar-refractivity contribution in [3.8, 4) is 5.75 Å². The summed E-state index contributed by atoms with van der Waals surface area (Å²) in [4.78, 5) is 39.1. The van der Waals surface area contributed by atoms with Crippen LogP contribution in [0, 0.1) is 0 Å². The van der Waals surface area contributed by atoms with Crippen LogP contribution in [0.4, 0.5) is 0 Å². The standard InChI is InChI=1S/C29H26N4O5/c1-18(34)32-26(28-31-33(19(2)35)29(38-28)22-14-16-23(37-3)17-15-22)24(20-10-6-4-7-11-20)25(30-32)27(36)21-12-8-5-9-13-21/h4-17,24,26,29H,1-3H3. The lowest BCUT2D eigenvalue weighted by Crippen LogP contribution is -2.42. The molecule has 38 heavy (non-hydrogen) atoms. The van der Waals surface area contributed by atoms with Gasteiger partial charge in [-0.25, -0.2) is 5.01 Å². The normalized spacial score (nSPS) is 20.4. The Kier molecular flexibility index (Phi) is 6.74. The largest absolute Gasteiger partial charge is 0.497 e. The summed E-state index contributed by atoms with van der Waals surface area (Å²) in [6, 6.07) is 24.3. The molecular weight excluding hydrogens is 484 g/mol. The molecule has 3 atom stereocenters. The summed E-state index contributed by atoms with van der Waals surface area (Å²) >= 11 is 0.